The van der Waals surface area contributed by atoms with Gasteiger partial charge in [-0.2, -0.15) is 10.3 Å². The van der Waals surface area contributed by atoms with Gasteiger partial charge in [0.05, 0.1) is 16.9 Å². The van der Waals surface area contributed by atoms with Gasteiger partial charge in [0.1, 0.15) is 11.6 Å². The molecule has 39 heavy (non-hydrogen) atoms. The van der Waals surface area contributed by atoms with E-state index in [0.717, 1.165) is 45.1 Å². The Bertz CT molecular complexity index is 1560. The van der Waals surface area contributed by atoms with E-state index >= 15 is 0 Å². The minimum Gasteiger partial charge on any atom is -0.335 e. The number of amides is 3. The van der Waals surface area contributed by atoms with E-state index in [-0.39, 0.29) is 23.3 Å². The highest BCUT2D eigenvalue weighted by atomic mass is 32.2. The fourth-order valence-corrected chi connectivity index (χ4v) is 7.86. The molecular formula is C31H24N4O3S. The summed E-state index contributed by atoms with van der Waals surface area (Å²) in [6.07, 6.45) is 0.890. The molecule has 3 aromatic carbocycles. The fraction of sp³-hybridized carbons (Fsp3) is 0.226. The molecule has 1 N–H and O–H groups in total. The second-order valence-corrected chi connectivity index (χ2v) is 11.3. The van der Waals surface area contributed by atoms with Gasteiger partial charge in [0.2, 0.25) is 5.91 Å². The van der Waals surface area contributed by atoms with E-state index in [0.29, 0.717) is 11.6 Å². The van der Waals surface area contributed by atoms with Gasteiger partial charge in [-0.25, -0.2) is 0 Å². The van der Waals surface area contributed by atoms with Crippen LogP contribution in [0.3, 0.4) is 0 Å². The van der Waals surface area contributed by atoms with Crippen molar-refractivity contribution in [2.24, 2.45) is 11.8 Å². The van der Waals surface area contributed by atoms with E-state index in [4.69, 9.17) is 0 Å². The number of benzene rings is 3. The van der Waals surface area contributed by atoms with Crippen LogP contribution in [0.5, 0.6) is 0 Å². The minimum absolute atomic E-state index is 0.141. The number of nitriles is 1. The number of nitrogens with zero attached hydrogens (tertiary/aromatic N) is 3. The molecule has 3 aliphatic carbocycles. The lowest BCUT2D eigenvalue weighted by molar-refractivity contribution is -0.165. The van der Waals surface area contributed by atoms with Crippen molar-refractivity contribution in [1.82, 2.24) is 10.4 Å². The van der Waals surface area contributed by atoms with Gasteiger partial charge in [-0.05, 0) is 40.8 Å². The van der Waals surface area contributed by atoms with Crippen LogP contribution in [0.4, 0.5) is 5.69 Å². The monoisotopic (exact) mass is 532 g/mol. The second-order valence-electron chi connectivity index (χ2n) is 10.2. The first-order valence-electron chi connectivity index (χ1n) is 13.1. The van der Waals surface area contributed by atoms with E-state index < -0.39 is 23.7 Å². The molecule has 5 aliphatic rings. The molecule has 7 nitrogen and oxygen atoms in total. The number of anilines is 1. The minimum atomic E-state index is -0.789. The topological polar surface area (TPSA) is 93.5 Å². The number of hydrogen-bond acceptors (Lipinski definition) is 6. The van der Waals surface area contributed by atoms with E-state index in [2.05, 4.69) is 11.5 Å². The van der Waals surface area contributed by atoms with E-state index in [1.54, 1.807) is 0 Å². The summed E-state index contributed by atoms with van der Waals surface area (Å²) >= 11 is 1.42. The molecule has 8 rings (SSSR count). The Morgan fingerprint density at radius 1 is 0.846 bits per heavy atom. The lowest BCUT2D eigenvalue weighted by Gasteiger charge is -2.52. The molecule has 0 radical (unpaired) electrons. The molecule has 2 atom stereocenters. The maximum Gasteiger partial charge on any atom is 0.292 e. The average molecular weight is 533 g/mol. The molecule has 3 amide bonds. The average Bonchev–Trinajstić information content (AvgIpc) is 2.99. The Kier molecular flexibility index (Phi) is 5.56. The van der Waals surface area contributed by atoms with Crippen molar-refractivity contribution >= 4 is 35.2 Å². The number of nitrogens with one attached hydrogen (secondary N) is 1. The summed E-state index contributed by atoms with van der Waals surface area (Å²) in [6.45, 7) is 0.646. The summed E-state index contributed by atoms with van der Waals surface area (Å²) in [5, 5.41) is 11.5. The largest absolute Gasteiger partial charge is 0.335 e. The number of carbonyl (C=O) groups is 3. The van der Waals surface area contributed by atoms with Crippen LogP contribution in [0.1, 0.15) is 40.5 Å². The zero-order chi connectivity index (χ0) is 26.7. The smallest absolute Gasteiger partial charge is 0.292 e. The molecule has 2 heterocycles. The standard InChI is InChI=1S/C31H24N4O3S/c32-17-23(31-34(15-8-16-39-31)18-9-2-1-3-10-18)29(37)35-30(38)27-25-21-13-6-4-11-19(21)24(26(27)28(36)33-35)20-12-5-7-14-22(20)25/h1-7,9-14,24-27H,8,15-16H2,(H,33,36)/b31-23+. The molecule has 2 unspecified atom stereocenters. The van der Waals surface area contributed by atoms with Gasteiger partial charge in [0.15, 0.2) is 0 Å². The second kappa shape index (κ2) is 9.14. The highest BCUT2D eigenvalue weighted by Crippen LogP contribution is 2.59. The van der Waals surface area contributed by atoms with E-state index in [9.17, 15) is 19.6 Å². The number of hydrazine groups is 1. The van der Waals surface area contributed by atoms with Crippen LogP contribution in [0.25, 0.3) is 0 Å². The summed E-state index contributed by atoms with van der Waals surface area (Å²) in [6, 6.07) is 27.6. The van der Waals surface area contributed by atoms with Crippen molar-refractivity contribution in [3.63, 3.8) is 0 Å². The van der Waals surface area contributed by atoms with Crippen LogP contribution in [0.2, 0.25) is 0 Å². The normalized spacial score (nSPS) is 26.1. The quantitative estimate of drug-likeness (QED) is 0.391. The van der Waals surface area contributed by atoms with Gasteiger partial charge in [0.25, 0.3) is 11.8 Å². The zero-order valence-corrected chi connectivity index (χ0v) is 21.7. The van der Waals surface area contributed by atoms with Gasteiger partial charge in [-0.3, -0.25) is 19.8 Å². The van der Waals surface area contributed by atoms with Crippen molar-refractivity contribution in [3.8, 4) is 6.07 Å². The van der Waals surface area contributed by atoms with Crippen LogP contribution in [-0.4, -0.2) is 35.0 Å². The first-order chi connectivity index (χ1) is 19.1. The first kappa shape index (κ1) is 23.7. The molecule has 2 fully saturated rings. The summed E-state index contributed by atoms with van der Waals surface area (Å²) in [5.41, 5.74) is 7.49. The third-order valence-corrected chi connectivity index (χ3v) is 9.48. The Balaban J connectivity index is 1.31. The molecule has 0 saturated carbocycles. The first-order valence-corrected chi connectivity index (χ1v) is 14.0. The Labute approximate surface area is 230 Å². The van der Waals surface area contributed by atoms with Gasteiger partial charge < -0.3 is 4.90 Å². The van der Waals surface area contributed by atoms with E-state index in [1.165, 1.54) is 11.8 Å². The number of thioether (sulfide) groups is 1. The third-order valence-electron chi connectivity index (χ3n) is 8.29. The van der Waals surface area contributed by atoms with Crippen LogP contribution < -0.4 is 10.3 Å². The molecule has 2 bridgehead atoms. The molecular weight excluding hydrogens is 508 g/mol. The van der Waals surface area contributed by atoms with Crippen LogP contribution in [-0.2, 0) is 14.4 Å². The van der Waals surface area contributed by atoms with Crippen molar-refractivity contribution in [1.29, 1.82) is 5.26 Å². The Morgan fingerprint density at radius 2 is 1.41 bits per heavy atom. The van der Waals surface area contributed by atoms with Gasteiger partial charge in [0, 0.05) is 29.8 Å². The SMILES string of the molecule is N#C/C(C(=O)N1NC(=O)C2C3c4ccccc4C(c4ccccc43)C2C1=O)=C1\SCCCN1c1ccccc1. The molecule has 0 aromatic heterocycles. The lowest BCUT2D eigenvalue weighted by Crippen LogP contribution is -2.65. The number of imide groups is 1. The lowest BCUT2D eigenvalue weighted by atomic mass is 9.53. The van der Waals surface area contributed by atoms with Crippen molar-refractivity contribution in [3.05, 3.63) is 112 Å². The summed E-state index contributed by atoms with van der Waals surface area (Å²) < 4.78 is 0. The molecule has 2 saturated heterocycles. The molecule has 3 aromatic rings. The summed E-state index contributed by atoms with van der Waals surface area (Å²) in [4.78, 5) is 43.7. The van der Waals surface area contributed by atoms with Crippen LogP contribution in [0, 0.1) is 23.2 Å². The maximum absolute atomic E-state index is 14.1. The van der Waals surface area contributed by atoms with Crippen LogP contribution in [0.15, 0.2) is 89.5 Å². The Morgan fingerprint density at radius 3 is 2.00 bits per heavy atom. The third kappa shape index (κ3) is 3.46. The highest BCUT2D eigenvalue weighted by Gasteiger charge is 2.59. The number of rotatable bonds is 2. The van der Waals surface area contributed by atoms with Gasteiger partial charge >= 0.3 is 0 Å². The summed E-state index contributed by atoms with van der Waals surface area (Å²) in [5.74, 6) is -2.85. The summed E-state index contributed by atoms with van der Waals surface area (Å²) in [7, 11) is 0. The molecule has 8 heteroatoms. The fourth-order valence-electron chi connectivity index (χ4n) is 6.76. The molecule has 0 spiro atoms. The van der Waals surface area contributed by atoms with E-state index in [1.807, 2.05) is 83.8 Å². The maximum atomic E-state index is 14.1. The predicted octanol–water partition coefficient (Wildman–Crippen LogP) is 4.29. The molecule has 2 aliphatic heterocycles. The number of para-hydroxylation sites is 1. The van der Waals surface area contributed by atoms with Crippen molar-refractivity contribution in [2.75, 3.05) is 17.2 Å². The number of carbonyl (C=O) groups excluding carboxylic acids is 3. The van der Waals surface area contributed by atoms with Crippen LogP contribution >= 0.6 is 11.8 Å². The van der Waals surface area contributed by atoms with Gasteiger partial charge in [-0.1, -0.05) is 66.7 Å². The van der Waals surface area contributed by atoms with Gasteiger partial charge in [-0.15, -0.1) is 11.8 Å². The predicted molar refractivity (Wildman–Crippen MR) is 147 cm³/mol. The zero-order valence-electron chi connectivity index (χ0n) is 20.9. The van der Waals surface area contributed by atoms with Crippen molar-refractivity contribution < 1.29 is 14.4 Å². The Hall–Kier alpha value is -4.35. The molecule has 192 valence electrons. The highest BCUT2D eigenvalue weighted by molar-refractivity contribution is 8.03. The number of hydrogen-bond donors (Lipinski definition) is 1. The van der Waals surface area contributed by atoms with Crippen molar-refractivity contribution in [2.45, 2.75) is 18.3 Å².